The van der Waals surface area contributed by atoms with Crippen LogP contribution >= 0.6 is 0 Å². The number of methoxy groups -OCH3 is 1. The summed E-state index contributed by atoms with van der Waals surface area (Å²) in [4.78, 5) is 0. The molecule has 0 radical (unpaired) electrons. The molecule has 0 unspecified atom stereocenters. The molecular formula is C13H19NO2. The maximum Gasteiger partial charge on any atom is 0.219 e. The molecule has 16 heavy (non-hydrogen) atoms. The molecule has 0 saturated heterocycles. The van der Waals surface area contributed by atoms with Gasteiger partial charge in [-0.15, -0.1) is 0 Å². The van der Waals surface area contributed by atoms with E-state index in [1.165, 1.54) is 12.7 Å². The van der Waals surface area contributed by atoms with Gasteiger partial charge in [0, 0.05) is 0 Å². The highest BCUT2D eigenvalue weighted by atomic mass is 16.5. The molecule has 0 aromatic heterocycles. The van der Waals surface area contributed by atoms with Crippen LogP contribution in [0.4, 0.5) is 0 Å². The van der Waals surface area contributed by atoms with E-state index in [4.69, 9.17) is 14.9 Å². The van der Waals surface area contributed by atoms with Crippen molar-refractivity contribution in [2.45, 2.75) is 26.2 Å². The maximum absolute atomic E-state index is 7.32. The zero-order valence-corrected chi connectivity index (χ0v) is 10.3. The van der Waals surface area contributed by atoms with Crippen molar-refractivity contribution in [3.8, 4) is 5.75 Å². The third-order valence-corrected chi connectivity index (χ3v) is 2.32. The zero-order chi connectivity index (χ0) is 12.2. The Morgan fingerprint density at radius 3 is 2.56 bits per heavy atom. The minimum atomic E-state index is 0.105. The first-order valence-corrected chi connectivity index (χ1v) is 5.28. The largest absolute Gasteiger partial charge is 0.484 e. The number of nitrogens with one attached hydrogen (secondary N) is 1. The van der Waals surface area contributed by atoms with Crippen LogP contribution in [0.1, 0.15) is 26.3 Å². The van der Waals surface area contributed by atoms with Crippen LogP contribution in [0, 0.1) is 5.41 Å². The molecule has 0 saturated carbocycles. The van der Waals surface area contributed by atoms with Gasteiger partial charge < -0.3 is 9.47 Å². The number of hydrogen-bond acceptors (Lipinski definition) is 3. The molecule has 0 spiro atoms. The summed E-state index contributed by atoms with van der Waals surface area (Å²) in [6.45, 7) is 6.64. The fourth-order valence-electron chi connectivity index (χ4n) is 1.26. The first-order valence-electron chi connectivity index (χ1n) is 5.28. The van der Waals surface area contributed by atoms with Crippen LogP contribution in [0.15, 0.2) is 24.3 Å². The van der Waals surface area contributed by atoms with Gasteiger partial charge in [0.05, 0.1) is 7.11 Å². The van der Waals surface area contributed by atoms with Gasteiger partial charge in [0.25, 0.3) is 0 Å². The molecule has 88 valence electrons. The third-order valence-electron chi connectivity index (χ3n) is 2.32. The Labute approximate surface area is 96.9 Å². The van der Waals surface area contributed by atoms with Crippen LogP contribution < -0.4 is 4.74 Å². The molecular weight excluding hydrogens is 202 g/mol. The highest BCUT2D eigenvalue weighted by Gasteiger charge is 2.13. The van der Waals surface area contributed by atoms with Crippen LogP contribution in [0.25, 0.3) is 0 Å². The van der Waals surface area contributed by atoms with Gasteiger partial charge >= 0.3 is 0 Å². The van der Waals surface area contributed by atoms with Crippen LogP contribution in [0.2, 0.25) is 0 Å². The van der Waals surface area contributed by atoms with E-state index < -0.39 is 0 Å². The number of ether oxygens (including phenoxy) is 2. The van der Waals surface area contributed by atoms with E-state index in [1.54, 1.807) is 0 Å². The van der Waals surface area contributed by atoms with Gasteiger partial charge in [-0.1, -0.05) is 32.9 Å². The Morgan fingerprint density at radius 2 is 2.00 bits per heavy atom. The maximum atomic E-state index is 7.32. The van der Waals surface area contributed by atoms with Crippen LogP contribution in [-0.2, 0) is 10.2 Å². The fraction of sp³-hybridized carbons (Fsp3) is 0.462. The molecule has 0 aliphatic rings. The normalized spacial score (nSPS) is 11.0. The predicted molar refractivity (Wildman–Crippen MR) is 65.4 cm³/mol. The average molecular weight is 221 g/mol. The lowest BCUT2D eigenvalue weighted by Crippen LogP contribution is -2.13. The van der Waals surface area contributed by atoms with Gasteiger partial charge in [0.2, 0.25) is 5.90 Å². The van der Waals surface area contributed by atoms with Gasteiger partial charge in [-0.3, -0.25) is 5.41 Å². The summed E-state index contributed by atoms with van der Waals surface area (Å²) in [5.74, 6) is 0.899. The summed E-state index contributed by atoms with van der Waals surface area (Å²) >= 11 is 0. The highest BCUT2D eigenvalue weighted by molar-refractivity contribution is 5.73. The van der Waals surface area contributed by atoms with Gasteiger partial charge in [0.1, 0.15) is 5.75 Å². The first kappa shape index (κ1) is 12.6. The lowest BCUT2D eigenvalue weighted by molar-refractivity contribution is 0.309. The monoisotopic (exact) mass is 221 g/mol. The van der Waals surface area contributed by atoms with Crippen molar-refractivity contribution >= 4 is 5.90 Å². The molecule has 0 bridgehead atoms. The molecule has 0 atom stereocenters. The molecule has 0 aliphatic carbocycles. The van der Waals surface area contributed by atoms with Gasteiger partial charge in [-0.25, -0.2) is 0 Å². The Bertz CT molecular complexity index is 366. The predicted octanol–water partition coefficient (Wildman–Crippen LogP) is 2.99. The number of rotatable bonds is 3. The van der Waals surface area contributed by atoms with Crippen LogP contribution in [-0.4, -0.2) is 19.6 Å². The summed E-state index contributed by atoms with van der Waals surface area (Å²) in [6, 6.07) is 7.93. The van der Waals surface area contributed by atoms with E-state index in [0.29, 0.717) is 0 Å². The summed E-state index contributed by atoms with van der Waals surface area (Å²) in [7, 11) is 1.47. The smallest absolute Gasteiger partial charge is 0.219 e. The van der Waals surface area contributed by atoms with E-state index in [2.05, 4.69) is 26.8 Å². The summed E-state index contributed by atoms with van der Waals surface area (Å²) in [5.41, 5.74) is 1.32. The van der Waals surface area contributed by atoms with E-state index in [1.807, 2.05) is 18.2 Å². The molecule has 0 amide bonds. The molecule has 1 aromatic rings. The summed E-state index contributed by atoms with van der Waals surface area (Å²) in [6.07, 6.45) is 0. The van der Waals surface area contributed by atoms with Gasteiger partial charge in [-0.2, -0.15) is 0 Å². The molecule has 1 rings (SSSR count). The average Bonchev–Trinajstić information content (AvgIpc) is 2.25. The van der Waals surface area contributed by atoms with Crippen molar-refractivity contribution in [3.63, 3.8) is 0 Å². The standard InChI is InChI=1S/C13H19NO2/c1-13(2,3)10-6-5-7-11(8-10)16-9-12(14)15-4/h5-8,14H,9H2,1-4H3. The molecule has 1 N–H and O–H groups in total. The topological polar surface area (TPSA) is 42.3 Å². The van der Waals surface area contributed by atoms with Crippen molar-refractivity contribution in [1.82, 2.24) is 0 Å². The van der Waals surface area contributed by atoms with E-state index in [-0.39, 0.29) is 17.9 Å². The fourth-order valence-corrected chi connectivity index (χ4v) is 1.26. The number of benzene rings is 1. The van der Waals surface area contributed by atoms with Crippen molar-refractivity contribution < 1.29 is 9.47 Å². The van der Waals surface area contributed by atoms with Gasteiger partial charge in [-0.05, 0) is 23.1 Å². The summed E-state index contributed by atoms with van der Waals surface area (Å²) < 4.78 is 10.2. The highest BCUT2D eigenvalue weighted by Crippen LogP contribution is 2.25. The molecule has 3 heteroatoms. The molecule has 0 fully saturated rings. The Morgan fingerprint density at radius 1 is 1.31 bits per heavy atom. The second kappa shape index (κ2) is 5.01. The summed E-state index contributed by atoms with van der Waals surface area (Å²) in [5, 5.41) is 7.32. The van der Waals surface area contributed by atoms with Crippen molar-refractivity contribution in [2.24, 2.45) is 0 Å². The van der Waals surface area contributed by atoms with Gasteiger partial charge in [0.15, 0.2) is 6.61 Å². The van der Waals surface area contributed by atoms with Crippen LogP contribution in [0.5, 0.6) is 5.75 Å². The zero-order valence-electron chi connectivity index (χ0n) is 10.3. The van der Waals surface area contributed by atoms with Crippen molar-refractivity contribution in [2.75, 3.05) is 13.7 Å². The van der Waals surface area contributed by atoms with Crippen LogP contribution in [0.3, 0.4) is 0 Å². The first-order chi connectivity index (χ1) is 7.43. The molecule has 0 heterocycles. The third kappa shape index (κ3) is 3.57. The second-order valence-corrected chi connectivity index (χ2v) is 4.69. The van der Waals surface area contributed by atoms with Crippen molar-refractivity contribution in [1.29, 1.82) is 5.41 Å². The molecule has 1 aromatic carbocycles. The minimum Gasteiger partial charge on any atom is -0.484 e. The lowest BCUT2D eigenvalue weighted by atomic mass is 9.87. The Hall–Kier alpha value is -1.51. The van der Waals surface area contributed by atoms with E-state index in [9.17, 15) is 0 Å². The van der Waals surface area contributed by atoms with Crippen molar-refractivity contribution in [3.05, 3.63) is 29.8 Å². The Balaban J connectivity index is 2.72. The van der Waals surface area contributed by atoms with E-state index >= 15 is 0 Å². The lowest BCUT2D eigenvalue weighted by Gasteiger charge is -2.19. The quantitative estimate of drug-likeness (QED) is 0.629. The minimum absolute atomic E-state index is 0.105. The number of hydrogen-bond donors (Lipinski definition) is 1. The Kier molecular flexibility index (Phi) is 3.93. The SMILES string of the molecule is COC(=N)COc1cccc(C(C)(C)C)c1. The molecule has 3 nitrogen and oxygen atoms in total. The molecule has 0 aliphatic heterocycles. The second-order valence-electron chi connectivity index (χ2n) is 4.69. The van der Waals surface area contributed by atoms with E-state index in [0.717, 1.165) is 5.75 Å².